The predicted octanol–water partition coefficient (Wildman–Crippen LogP) is 6.43. The van der Waals surface area contributed by atoms with Crippen molar-refractivity contribution >= 4 is 17.6 Å². The molecule has 2 unspecified atom stereocenters. The molecule has 0 aliphatic carbocycles. The van der Waals surface area contributed by atoms with E-state index in [1.807, 2.05) is 36.4 Å². The lowest BCUT2D eigenvalue weighted by Crippen LogP contribution is -2.26. The van der Waals surface area contributed by atoms with E-state index in [1.165, 1.54) is 12.1 Å². The molecule has 0 spiro atoms. The number of ether oxygens (including phenoxy) is 1. The fourth-order valence-electron chi connectivity index (χ4n) is 4.18. The molecular formula is C31H33FN4O4. The molecule has 2 N–H and O–H groups in total. The minimum atomic E-state index is -0.335. The topological polar surface area (TPSA) is 106 Å². The molecule has 0 aliphatic rings. The molecule has 1 heterocycles. The molecule has 0 radical (unpaired) electrons. The van der Waals surface area contributed by atoms with Crippen LogP contribution in [0.5, 0.6) is 0 Å². The molecule has 208 valence electrons. The summed E-state index contributed by atoms with van der Waals surface area (Å²) in [6, 6.07) is 21.2. The largest absolute Gasteiger partial charge is 0.466 e. The van der Waals surface area contributed by atoms with Crippen LogP contribution in [0, 0.1) is 11.7 Å². The van der Waals surface area contributed by atoms with Gasteiger partial charge in [-0.05, 0) is 79.1 Å². The molecule has 40 heavy (non-hydrogen) atoms. The first-order chi connectivity index (χ1) is 19.4. The monoisotopic (exact) mass is 544 g/mol. The number of anilines is 1. The van der Waals surface area contributed by atoms with Gasteiger partial charge in [0.15, 0.2) is 0 Å². The number of nitrogens with zero attached hydrogens (tertiary/aromatic N) is 2. The summed E-state index contributed by atoms with van der Waals surface area (Å²) in [7, 11) is 0. The number of benzene rings is 3. The van der Waals surface area contributed by atoms with Gasteiger partial charge in [-0.15, -0.1) is 10.2 Å². The van der Waals surface area contributed by atoms with Crippen LogP contribution >= 0.6 is 0 Å². The summed E-state index contributed by atoms with van der Waals surface area (Å²) in [5.74, 6) is 0.134. The van der Waals surface area contributed by atoms with Crippen molar-refractivity contribution in [2.45, 2.75) is 39.7 Å². The fraction of sp³-hybridized carbons (Fsp3) is 0.290. The van der Waals surface area contributed by atoms with Gasteiger partial charge in [-0.1, -0.05) is 32.4 Å². The number of hydrogen-bond donors (Lipinski definition) is 2. The van der Waals surface area contributed by atoms with Crippen LogP contribution in [0.15, 0.2) is 77.2 Å². The number of esters is 1. The van der Waals surface area contributed by atoms with Crippen molar-refractivity contribution in [1.82, 2.24) is 15.5 Å². The van der Waals surface area contributed by atoms with Gasteiger partial charge in [0.05, 0.1) is 19.1 Å². The minimum absolute atomic E-state index is 0.0285. The second kappa shape index (κ2) is 13.5. The highest BCUT2D eigenvalue weighted by atomic mass is 19.1. The first-order valence-electron chi connectivity index (χ1n) is 13.4. The van der Waals surface area contributed by atoms with Gasteiger partial charge >= 0.3 is 5.97 Å². The number of amides is 1. The summed E-state index contributed by atoms with van der Waals surface area (Å²) in [5.41, 5.74) is 3.93. The van der Waals surface area contributed by atoms with E-state index >= 15 is 0 Å². The van der Waals surface area contributed by atoms with Gasteiger partial charge in [-0.2, -0.15) is 0 Å². The minimum Gasteiger partial charge on any atom is -0.466 e. The lowest BCUT2D eigenvalue weighted by Gasteiger charge is -2.26. The molecule has 0 saturated carbocycles. The number of hydrogen-bond acceptors (Lipinski definition) is 7. The number of halogens is 1. The van der Waals surface area contributed by atoms with Crippen LogP contribution in [0.25, 0.3) is 22.9 Å². The average molecular weight is 545 g/mol. The van der Waals surface area contributed by atoms with E-state index in [0.29, 0.717) is 35.4 Å². The van der Waals surface area contributed by atoms with Crippen molar-refractivity contribution in [3.05, 3.63) is 89.7 Å². The highest BCUT2D eigenvalue weighted by Gasteiger charge is 2.19. The average Bonchev–Trinajstić information content (AvgIpc) is 3.47. The van der Waals surface area contributed by atoms with Crippen molar-refractivity contribution in [3.63, 3.8) is 0 Å². The molecule has 0 aliphatic heterocycles. The third-order valence-corrected chi connectivity index (χ3v) is 6.64. The first-order valence-corrected chi connectivity index (χ1v) is 13.4. The van der Waals surface area contributed by atoms with Crippen molar-refractivity contribution in [2.75, 3.05) is 18.5 Å². The Morgan fingerprint density at radius 2 is 1.50 bits per heavy atom. The van der Waals surface area contributed by atoms with Crippen LogP contribution in [0.1, 0.15) is 55.6 Å². The van der Waals surface area contributed by atoms with Crippen molar-refractivity contribution in [3.8, 4) is 22.9 Å². The van der Waals surface area contributed by atoms with E-state index in [0.717, 1.165) is 23.2 Å². The predicted molar refractivity (Wildman–Crippen MR) is 151 cm³/mol. The van der Waals surface area contributed by atoms with E-state index in [2.05, 4.69) is 34.7 Å². The molecule has 1 aromatic heterocycles. The Labute approximate surface area is 233 Å². The van der Waals surface area contributed by atoms with Gasteiger partial charge < -0.3 is 19.8 Å². The third-order valence-electron chi connectivity index (χ3n) is 6.64. The van der Waals surface area contributed by atoms with Crippen LogP contribution < -0.4 is 10.6 Å². The number of carbonyl (C=O) groups excluding carboxylic acids is 2. The zero-order valence-corrected chi connectivity index (χ0v) is 22.8. The summed E-state index contributed by atoms with van der Waals surface area (Å²) < 4.78 is 23.9. The van der Waals surface area contributed by atoms with Gasteiger partial charge in [0.25, 0.3) is 5.91 Å². The zero-order valence-electron chi connectivity index (χ0n) is 22.8. The Morgan fingerprint density at radius 1 is 0.900 bits per heavy atom. The van der Waals surface area contributed by atoms with E-state index in [1.54, 1.807) is 31.2 Å². The third kappa shape index (κ3) is 7.31. The van der Waals surface area contributed by atoms with Gasteiger partial charge in [-0.3, -0.25) is 9.59 Å². The number of aromatic nitrogens is 2. The maximum absolute atomic E-state index is 13.2. The summed E-state index contributed by atoms with van der Waals surface area (Å²) in [6.45, 7) is 6.62. The van der Waals surface area contributed by atoms with E-state index < -0.39 is 0 Å². The van der Waals surface area contributed by atoms with Crippen LogP contribution in [-0.4, -0.2) is 35.2 Å². The second-order valence-electron chi connectivity index (χ2n) is 9.44. The number of rotatable bonds is 12. The van der Waals surface area contributed by atoms with E-state index in [-0.39, 0.29) is 36.7 Å². The Kier molecular flexibility index (Phi) is 9.62. The lowest BCUT2D eigenvalue weighted by molar-refractivity contribution is -0.142. The summed E-state index contributed by atoms with van der Waals surface area (Å²) >= 11 is 0. The van der Waals surface area contributed by atoms with Gasteiger partial charge in [0, 0.05) is 28.9 Å². The van der Waals surface area contributed by atoms with Crippen LogP contribution in [0.4, 0.5) is 10.1 Å². The Hall–Kier alpha value is -4.53. The number of carbonyl (C=O) groups is 2. The molecule has 2 atom stereocenters. The van der Waals surface area contributed by atoms with Crippen molar-refractivity contribution < 1.29 is 23.1 Å². The smallest absolute Gasteiger partial charge is 0.307 e. The van der Waals surface area contributed by atoms with E-state index in [9.17, 15) is 14.0 Å². The molecule has 8 nitrogen and oxygen atoms in total. The van der Waals surface area contributed by atoms with Crippen LogP contribution in [0.3, 0.4) is 0 Å². The summed E-state index contributed by atoms with van der Waals surface area (Å²) in [6.07, 6.45) is 1.10. The van der Waals surface area contributed by atoms with Crippen LogP contribution in [0.2, 0.25) is 0 Å². The second-order valence-corrected chi connectivity index (χ2v) is 9.44. The maximum Gasteiger partial charge on any atom is 0.307 e. The summed E-state index contributed by atoms with van der Waals surface area (Å²) in [5, 5.41) is 14.6. The van der Waals surface area contributed by atoms with Crippen molar-refractivity contribution in [1.29, 1.82) is 0 Å². The van der Waals surface area contributed by atoms with Crippen molar-refractivity contribution in [2.24, 2.45) is 5.92 Å². The Morgan fingerprint density at radius 3 is 2.08 bits per heavy atom. The molecule has 9 heteroatoms. The van der Waals surface area contributed by atoms with Crippen LogP contribution in [-0.2, 0) is 9.53 Å². The molecule has 0 fully saturated rings. The molecule has 4 aromatic rings. The number of nitrogens with one attached hydrogen (secondary N) is 2. The highest BCUT2D eigenvalue weighted by Crippen LogP contribution is 2.31. The standard InChI is InChI=1S/C31H33FN4O4/c1-4-20(3)28(34-26-16-12-22(13-17-26)29(38)33-19-18-27(37)39-5-2)21-6-8-23(9-7-21)30-35-36-31(40-30)24-10-14-25(32)15-11-24/h6-17,20,28,34H,4-5,18-19H2,1-3H3,(H,33,38). The molecule has 1 amide bonds. The molecule has 3 aromatic carbocycles. The summed E-state index contributed by atoms with van der Waals surface area (Å²) in [4.78, 5) is 23.9. The zero-order chi connectivity index (χ0) is 28.5. The van der Waals surface area contributed by atoms with Gasteiger partial charge in [0.1, 0.15) is 5.82 Å². The SMILES string of the molecule is CCOC(=O)CCNC(=O)c1ccc(NC(c2ccc(-c3nnc(-c4ccc(F)cc4)o3)cc2)C(C)CC)cc1. The highest BCUT2D eigenvalue weighted by molar-refractivity contribution is 5.94. The quantitative estimate of drug-likeness (QED) is 0.198. The van der Waals surface area contributed by atoms with Gasteiger partial charge in [-0.25, -0.2) is 4.39 Å². The van der Waals surface area contributed by atoms with E-state index in [4.69, 9.17) is 9.15 Å². The molecule has 0 bridgehead atoms. The molecule has 0 saturated heterocycles. The molecular weight excluding hydrogens is 511 g/mol. The molecule has 4 rings (SSSR count). The first kappa shape index (κ1) is 28.5. The fourth-order valence-corrected chi connectivity index (χ4v) is 4.18. The normalized spacial score (nSPS) is 12.4. The maximum atomic E-state index is 13.2. The lowest BCUT2D eigenvalue weighted by atomic mass is 9.91. The Balaban J connectivity index is 1.41. The van der Waals surface area contributed by atoms with Gasteiger partial charge in [0.2, 0.25) is 11.8 Å². The Bertz CT molecular complexity index is 1400.